The Bertz CT molecular complexity index is 676. The van der Waals surface area contributed by atoms with Crippen molar-refractivity contribution in [2.45, 2.75) is 83.8 Å². The Balaban J connectivity index is 2.02. The smallest absolute Gasteiger partial charge is 0.135 e. The third kappa shape index (κ3) is 2.97. The zero-order valence-corrected chi connectivity index (χ0v) is 16.1. The molecule has 138 valence electrons. The minimum absolute atomic E-state index is 0.0616. The van der Waals surface area contributed by atoms with E-state index < -0.39 is 5.60 Å². The molecule has 25 heavy (non-hydrogen) atoms. The van der Waals surface area contributed by atoms with Crippen LogP contribution in [0.3, 0.4) is 0 Å². The molecule has 3 heteroatoms. The minimum atomic E-state index is -0.895. The summed E-state index contributed by atoms with van der Waals surface area (Å²) in [5.74, 6) is 0.992. The van der Waals surface area contributed by atoms with Crippen LogP contribution in [0, 0.1) is 5.41 Å². The zero-order chi connectivity index (χ0) is 18.4. The number of aryl methyl sites for hydroxylation is 1. The van der Waals surface area contributed by atoms with Crippen molar-refractivity contribution in [3.8, 4) is 11.5 Å². The first-order valence-electron chi connectivity index (χ1n) is 9.61. The van der Waals surface area contributed by atoms with Crippen LogP contribution in [0.4, 0.5) is 0 Å². The van der Waals surface area contributed by atoms with E-state index in [1.807, 2.05) is 19.9 Å². The van der Waals surface area contributed by atoms with E-state index >= 15 is 0 Å². The second-order valence-corrected chi connectivity index (χ2v) is 8.55. The maximum Gasteiger partial charge on any atom is 0.135 e. The monoisotopic (exact) mass is 344 g/mol. The topological polar surface area (TPSA) is 49.7 Å². The molecule has 0 unspecified atom stereocenters. The van der Waals surface area contributed by atoms with Crippen molar-refractivity contribution in [2.75, 3.05) is 0 Å². The highest BCUT2D eigenvalue weighted by Crippen LogP contribution is 2.61. The molecular formula is C22H32O3. The van der Waals surface area contributed by atoms with Crippen LogP contribution in [0.15, 0.2) is 24.3 Å². The van der Waals surface area contributed by atoms with Gasteiger partial charge in [0.1, 0.15) is 17.6 Å². The average molecular weight is 344 g/mol. The summed E-state index contributed by atoms with van der Waals surface area (Å²) in [7, 11) is 0. The SMILES string of the molecule is C=C(C)[C@]1(C)CC[C@](C)(O)[C@H]2Oc3cc(CCCCC)cc(O)c3[C@H]21. The fourth-order valence-electron chi connectivity index (χ4n) is 4.59. The standard InChI is InChI=1S/C22H32O3/c1-6-7-8-9-15-12-16(23)18-17(13-15)25-20-19(18)21(4,14(2)3)10-11-22(20,5)24/h12-13,19-20,23-24H,2,6-11H2,1,3-5H3/t19-,20+,21+,22+/m1/s1. The molecule has 0 amide bonds. The van der Waals surface area contributed by atoms with Crippen LogP contribution in [0.1, 0.15) is 76.8 Å². The molecule has 0 bridgehead atoms. The third-order valence-electron chi connectivity index (χ3n) is 6.54. The molecule has 3 nitrogen and oxygen atoms in total. The van der Waals surface area contributed by atoms with Gasteiger partial charge in [0.25, 0.3) is 0 Å². The number of benzene rings is 1. The number of fused-ring (bicyclic) bond motifs is 3. The lowest BCUT2D eigenvalue weighted by molar-refractivity contribution is -0.0990. The van der Waals surface area contributed by atoms with Crippen LogP contribution in [-0.4, -0.2) is 21.9 Å². The summed E-state index contributed by atoms with van der Waals surface area (Å²) in [6.07, 6.45) is 5.61. The van der Waals surface area contributed by atoms with Gasteiger partial charge in [0.05, 0.1) is 5.60 Å². The van der Waals surface area contributed by atoms with Gasteiger partial charge in [-0.3, -0.25) is 0 Å². The summed E-state index contributed by atoms with van der Waals surface area (Å²) in [5, 5.41) is 21.7. The first-order chi connectivity index (χ1) is 11.7. The van der Waals surface area contributed by atoms with E-state index in [0.29, 0.717) is 12.2 Å². The van der Waals surface area contributed by atoms with Crippen molar-refractivity contribution in [3.63, 3.8) is 0 Å². The number of hydrogen-bond donors (Lipinski definition) is 2. The number of unbranched alkanes of at least 4 members (excludes halogenated alkanes) is 2. The Morgan fingerprint density at radius 3 is 2.64 bits per heavy atom. The fraction of sp³-hybridized carbons (Fsp3) is 0.636. The fourth-order valence-corrected chi connectivity index (χ4v) is 4.59. The Labute approximate surface area is 151 Å². The highest BCUT2D eigenvalue weighted by Gasteiger charge is 2.58. The van der Waals surface area contributed by atoms with Crippen molar-refractivity contribution in [1.29, 1.82) is 0 Å². The summed E-state index contributed by atoms with van der Waals surface area (Å²) in [6, 6.07) is 3.96. The Morgan fingerprint density at radius 1 is 1.28 bits per heavy atom. The first kappa shape index (κ1) is 18.3. The second-order valence-electron chi connectivity index (χ2n) is 8.55. The van der Waals surface area contributed by atoms with Gasteiger partial charge in [-0.05, 0) is 62.6 Å². The van der Waals surface area contributed by atoms with Crippen LogP contribution >= 0.6 is 0 Å². The average Bonchev–Trinajstić information content (AvgIpc) is 2.94. The number of phenolic OH excluding ortho intramolecular Hbond substituents is 1. The van der Waals surface area contributed by atoms with Gasteiger partial charge in [-0.1, -0.05) is 38.8 Å². The summed E-state index contributed by atoms with van der Waals surface area (Å²) in [4.78, 5) is 0. The lowest BCUT2D eigenvalue weighted by atomic mass is 9.57. The van der Waals surface area contributed by atoms with Gasteiger partial charge in [0.15, 0.2) is 0 Å². The molecule has 1 saturated carbocycles. The highest BCUT2D eigenvalue weighted by atomic mass is 16.5. The summed E-state index contributed by atoms with van der Waals surface area (Å²) in [6.45, 7) is 12.5. The molecule has 1 heterocycles. The van der Waals surface area contributed by atoms with Gasteiger partial charge < -0.3 is 14.9 Å². The lowest BCUT2D eigenvalue weighted by Gasteiger charge is -2.49. The van der Waals surface area contributed by atoms with Gasteiger partial charge in [0, 0.05) is 11.5 Å². The van der Waals surface area contributed by atoms with E-state index in [2.05, 4.69) is 26.5 Å². The summed E-state index contributed by atoms with van der Waals surface area (Å²) in [5.41, 5.74) is 1.97. The van der Waals surface area contributed by atoms with Crippen LogP contribution in [0.5, 0.6) is 11.5 Å². The van der Waals surface area contributed by atoms with Gasteiger partial charge in [0.2, 0.25) is 0 Å². The molecule has 3 rings (SSSR count). The molecule has 0 saturated heterocycles. The predicted octanol–water partition coefficient (Wildman–Crippen LogP) is 5.10. The van der Waals surface area contributed by atoms with Crippen molar-refractivity contribution < 1.29 is 14.9 Å². The predicted molar refractivity (Wildman–Crippen MR) is 101 cm³/mol. The second kappa shape index (κ2) is 6.35. The van der Waals surface area contributed by atoms with E-state index in [1.165, 1.54) is 12.8 Å². The first-order valence-corrected chi connectivity index (χ1v) is 9.61. The van der Waals surface area contributed by atoms with Crippen molar-refractivity contribution in [2.24, 2.45) is 5.41 Å². The molecule has 2 aliphatic rings. The zero-order valence-electron chi connectivity index (χ0n) is 16.1. The highest BCUT2D eigenvalue weighted by molar-refractivity contribution is 5.55. The lowest BCUT2D eigenvalue weighted by Crippen LogP contribution is -2.53. The molecule has 1 aliphatic carbocycles. The molecule has 2 N–H and O–H groups in total. The van der Waals surface area contributed by atoms with Gasteiger partial charge in [-0.2, -0.15) is 0 Å². The van der Waals surface area contributed by atoms with E-state index in [4.69, 9.17) is 4.74 Å². The van der Waals surface area contributed by atoms with Gasteiger partial charge in [-0.25, -0.2) is 0 Å². The van der Waals surface area contributed by atoms with E-state index in [-0.39, 0.29) is 17.4 Å². The summed E-state index contributed by atoms with van der Waals surface area (Å²) < 4.78 is 6.25. The molecule has 4 atom stereocenters. The molecule has 1 aliphatic heterocycles. The molecule has 0 spiro atoms. The molecule has 0 aromatic heterocycles. The maximum atomic E-state index is 10.9. The van der Waals surface area contributed by atoms with Crippen LogP contribution in [-0.2, 0) is 6.42 Å². The number of aliphatic hydroxyl groups is 1. The van der Waals surface area contributed by atoms with Crippen molar-refractivity contribution in [1.82, 2.24) is 0 Å². The molecule has 1 aromatic rings. The Kier molecular flexibility index (Phi) is 4.65. The van der Waals surface area contributed by atoms with E-state index in [0.717, 1.165) is 41.7 Å². The van der Waals surface area contributed by atoms with Crippen molar-refractivity contribution >= 4 is 0 Å². The number of rotatable bonds is 5. The van der Waals surface area contributed by atoms with Gasteiger partial charge in [-0.15, -0.1) is 0 Å². The molecule has 1 fully saturated rings. The number of phenols is 1. The summed E-state index contributed by atoms with van der Waals surface area (Å²) >= 11 is 0. The number of aromatic hydroxyl groups is 1. The normalized spacial score (nSPS) is 33.5. The quantitative estimate of drug-likeness (QED) is 0.577. The van der Waals surface area contributed by atoms with Crippen LogP contribution < -0.4 is 4.74 Å². The molecule has 1 aromatic carbocycles. The minimum Gasteiger partial charge on any atom is -0.508 e. The number of ether oxygens (including phenoxy) is 1. The number of allylic oxidation sites excluding steroid dienone is 1. The largest absolute Gasteiger partial charge is 0.508 e. The van der Waals surface area contributed by atoms with Gasteiger partial charge >= 0.3 is 0 Å². The van der Waals surface area contributed by atoms with Crippen LogP contribution in [0.25, 0.3) is 0 Å². The maximum absolute atomic E-state index is 10.9. The van der Waals surface area contributed by atoms with E-state index in [1.54, 1.807) is 0 Å². The molecule has 0 radical (unpaired) electrons. The Hall–Kier alpha value is -1.48. The molecular weight excluding hydrogens is 312 g/mol. The number of hydrogen-bond acceptors (Lipinski definition) is 3. The van der Waals surface area contributed by atoms with Crippen molar-refractivity contribution in [3.05, 3.63) is 35.4 Å². The van der Waals surface area contributed by atoms with E-state index in [9.17, 15) is 10.2 Å². The third-order valence-corrected chi connectivity index (χ3v) is 6.54. The Morgan fingerprint density at radius 2 is 2.00 bits per heavy atom. The van der Waals surface area contributed by atoms with Crippen LogP contribution in [0.2, 0.25) is 0 Å².